The van der Waals surface area contributed by atoms with Crippen molar-refractivity contribution in [2.75, 3.05) is 19.8 Å². The zero-order valence-corrected chi connectivity index (χ0v) is 10.3. The maximum absolute atomic E-state index is 11.7. The molecule has 0 fully saturated rings. The molecule has 0 saturated heterocycles. The average Bonchev–Trinajstić information content (AvgIpc) is 2.65. The Morgan fingerprint density at radius 1 is 1.56 bits per heavy atom. The molecule has 16 heavy (non-hydrogen) atoms. The number of aromatic nitrogens is 2. The van der Waals surface area contributed by atoms with Crippen LogP contribution in [0.5, 0.6) is 0 Å². The Hall–Kier alpha value is -0.920. The molecule has 6 nitrogen and oxygen atoms in total. The second kappa shape index (κ2) is 5.97. The van der Waals surface area contributed by atoms with Crippen LogP contribution in [-0.4, -0.2) is 38.0 Å². The molecule has 1 N–H and O–H groups in total. The Balaban J connectivity index is 2.41. The summed E-state index contributed by atoms with van der Waals surface area (Å²) in [6, 6.07) is 0. The number of rotatable bonds is 7. The van der Waals surface area contributed by atoms with Gasteiger partial charge < -0.3 is 4.74 Å². The molecule has 1 aromatic heterocycles. The zero-order chi connectivity index (χ0) is 12.0. The zero-order valence-electron chi connectivity index (χ0n) is 9.51. The fraction of sp³-hybridized carbons (Fsp3) is 0.667. The largest absolute Gasteiger partial charge is 0.382 e. The van der Waals surface area contributed by atoms with Crippen molar-refractivity contribution >= 4 is 10.0 Å². The van der Waals surface area contributed by atoms with Crippen LogP contribution in [-0.2, 0) is 21.8 Å². The van der Waals surface area contributed by atoms with Gasteiger partial charge >= 0.3 is 0 Å². The Morgan fingerprint density at radius 3 is 2.88 bits per heavy atom. The number of nitrogens with zero attached hydrogens (tertiary/aromatic N) is 2. The predicted molar refractivity (Wildman–Crippen MR) is 59.5 cm³/mol. The van der Waals surface area contributed by atoms with Crippen LogP contribution in [0.15, 0.2) is 17.3 Å². The predicted octanol–water partition coefficient (Wildman–Crippen LogP) is 0.125. The molecule has 0 aliphatic heterocycles. The maximum Gasteiger partial charge on any atom is 0.243 e. The van der Waals surface area contributed by atoms with Crippen LogP contribution in [0.4, 0.5) is 0 Å². The van der Waals surface area contributed by atoms with E-state index in [1.54, 1.807) is 7.05 Å². The standard InChI is InChI=1S/C9H17N3O3S/c1-3-15-6-4-5-11-16(13,14)9-7-10-12(2)8-9/h7-8,11H,3-6H2,1-2H3. The molecule has 0 radical (unpaired) electrons. The van der Waals surface area contributed by atoms with E-state index < -0.39 is 10.0 Å². The van der Waals surface area contributed by atoms with Crippen LogP contribution >= 0.6 is 0 Å². The topological polar surface area (TPSA) is 73.2 Å². The first kappa shape index (κ1) is 13.1. The van der Waals surface area contributed by atoms with Gasteiger partial charge in [-0.3, -0.25) is 4.68 Å². The number of aryl methyl sites for hydroxylation is 1. The van der Waals surface area contributed by atoms with Crippen LogP contribution in [0.25, 0.3) is 0 Å². The molecule has 1 rings (SSSR count). The van der Waals surface area contributed by atoms with Crippen molar-refractivity contribution in [1.82, 2.24) is 14.5 Å². The molecule has 0 amide bonds. The summed E-state index contributed by atoms with van der Waals surface area (Å²) < 4.78 is 32.4. The lowest BCUT2D eigenvalue weighted by Crippen LogP contribution is -2.25. The molecular formula is C9H17N3O3S. The first-order valence-electron chi connectivity index (χ1n) is 5.12. The Labute approximate surface area is 95.7 Å². The molecule has 0 aliphatic carbocycles. The van der Waals surface area contributed by atoms with E-state index >= 15 is 0 Å². The van der Waals surface area contributed by atoms with Crippen molar-refractivity contribution in [3.8, 4) is 0 Å². The quantitative estimate of drug-likeness (QED) is 0.695. The molecule has 0 atom stereocenters. The maximum atomic E-state index is 11.7. The Kier molecular flexibility index (Phi) is 4.91. The van der Waals surface area contributed by atoms with Gasteiger partial charge in [-0.25, -0.2) is 13.1 Å². The minimum absolute atomic E-state index is 0.186. The minimum atomic E-state index is -3.42. The molecule has 0 aromatic carbocycles. The summed E-state index contributed by atoms with van der Waals surface area (Å²) in [7, 11) is -1.74. The first-order chi connectivity index (χ1) is 7.56. The highest BCUT2D eigenvalue weighted by Crippen LogP contribution is 2.05. The number of hydrogen-bond acceptors (Lipinski definition) is 4. The Morgan fingerprint density at radius 2 is 2.31 bits per heavy atom. The van der Waals surface area contributed by atoms with E-state index in [9.17, 15) is 8.42 Å². The van der Waals surface area contributed by atoms with Crippen molar-refractivity contribution in [3.63, 3.8) is 0 Å². The molecule has 0 spiro atoms. The second-order valence-electron chi connectivity index (χ2n) is 3.30. The second-order valence-corrected chi connectivity index (χ2v) is 5.06. The minimum Gasteiger partial charge on any atom is -0.382 e. The summed E-state index contributed by atoms with van der Waals surface area (Å²) in [6.45, 7) is 3.48. The number of ether oxygens (including phenoxy) is 1. The highest BCUT2D eigenvalue weighted by Gasteiger charge is 2.14. The van der Waals surface area contributed by atoms with Gasteiger partial charge in [0.15, 0.2) is 0 Å². The molecule has 0 bridgehead atoms. The van der Waals surface area contributed by atoms with Gasteiger partial charge in [-0.05, 0) is 13.3 Å². The highest BCUT2D eigenvalue weighted by molar-refractivity contribution is 7.89. The number of hydrogen-bond donors (Lipinski definition) is 1. The monoisotopic (exact) mass is 247 g/mol. The highest BCUT2D eigenvalue weighted by atomic mass is 32.2. The molecule has 0 unspecified atom stereocenters. The average molecular weight is 247 g/mol. The van der Waals surface area contributed by atoms with Crippen LogP contribution in [0.1, 0.15) is 13.3 Å². The van der Waals surface area contributed by atoms with Crippen molar-refractivity contribution in [2.45, 2.75) is 18.2 Å². The fourth-order valence-corrected chi connectivity index (χ4v) is 2.20. The third-order valence-corrected chi connectivity index (χ3v) is 3.37. The molecule has 92 valence electrons. The van der Waals surface area contributed by atoms with Crippen LogP contribution < -0.4 is 4.72 Å². The SMILES string of the molecule is CCOCCCNS(=O)(=O)c1cnn(C)c1. The molecule has 1 aromatic rings. The third kappa shape index (κ3) is 3.92. The lowest BCUT2D eigenvalue weighted by atomic mass is 10.5. The summed E-state index contributed by atoms with van der Waals surface area (Å²) in [4.78, 5) is 0.186. The summed E-state index contributed by atoms with van der Waals surface area (Å²) >= 11 is 0. The molecule has 7 heteroatoms. The molecule has 1 heterocycles. The van der Waals surface area contributed by atoms with E-state index in [1.165, 1.54) is 17.1 Å². The van der Waals surface area contributed by atoms with E-state index in [1.807, 2.05) is 6.92 Å². The van der Waals surface area contributed by atoms with Gasteiger partial charge in [-0.2, -0.15) is 5.10 Å². The van der Waals surface area contributed by atoms with Gasteiger partial charge in [0.05, 0.1) is 6.20 Å². The van der Waals surface area contributed by atoms with E-state index in [0.717, 1.165) is 0 Å². The van der Waals surface area contributed by atoms with Crippen molar-refractivity contribution < 1.29 is 13.2 Å². The Bertz CT molecular complexity index is 413. The summed E-state index contributed by atoms with van der Waals surface area (Å²) in [5.74, 6) is 0. The number of sulfonamides is 1. The third-order valence-electron chi connectivity index (χ3n) is 1.95. The normalized spacial score (nSPS) is 11.9. The van der Waals surface area contributed by atoms with Gasteiger partial charge in [0, 0.05) is 33.0 Å². The summed E-state index contributed by atoms with van der Waals surface area (Å²) in [5, 5.41) is 3.81. The van der Waals surface area contributed by atoms with Gasteiger partial charge in [-0.1, -0.05) is 0 Å². The van der Waals surface area contributed by atoms with E-state index in [0.29, 0.717) is 26.2 Å². The van der Waals surface area contributed by atoms with Gasteiger partial charge in [0.2, 0.25) is 10.0 Å². The van der Waals surface area contributed by atoms with E-state index in [-0.39, 0.29) is 4.90 Å². The fourth-order valence-electron chi connectivity index (χ4n) is 1.15. The van der Waals surface area contributed by atoms with Crippen molar-refractivity contribution in [2.24, 2.45) is 7.05 Å². The lowest BCUT2D eigenvalue weighted by Gasteiger charge is -2.04. The first-order valence-corrected chi connectivity index (χ1v) is 6.60. The smallest absolute Gasteiger partial charge is 0.243 e. The van der Waals surface area contributed by atoms with Crippen LogP contribution in [0.2, 0.25) is 0 Å². The van der Waals surface area contributed by atoms with Gasteiger partial charge in [0.1, 0.15) is 4.90 Å². The van der Waals surface area contributed by atoms with Crippen molar-refractivity contribution in [3.05, 3.63) is 12.4 Å². The molecule has 0 aliphatic rings. The lowest BCUT2D eigenvalue weighted by molar-refractivity contribution is 0.146. The summed E-state index contributed by atoms with van der Waals surface area (Å²) in [6.07, 6.45) is 3.45. The van der Waals surface area contributed by atoms with Crippen LogP contribution in [0, 0.1) is 0 Å². The molecule has 0 saturated carbocycles. The van der Waals surface area contributed by atoms with E-state index in [4.69, 9.17) is 4.74 Å². The number of nitrogens with one attached hydrogen (secondary N) is 1. The van der Waals surface area contributed by atoms with Crippen molar-refractivity contribution in [1.29, 1.82) is 0 Å². The van der Waals surface area contributed by atoms with Gasteiger partial charge in [-0.15, -0.1) is 0 Å². The van der Waals surface area contributed by atoms with Crippen LogP contribution in [0.3, 0.4) is 0 Å². The summed E-state index contributed by atoms with van der Waals surface area (Å²) in [5.41, 5.74) is 0. The molecular weight excluding hydrogens is 230 g/mol. The van der Waals surface area contributed by atoms with Gasteiger partial charge in [0.25, 0.3) is 0 Å². The van der Waals surface area contributed by atoms with E-state index in [2.05, 4.69) is 9.82 Å².